The molecule has 1 aliphatic carbocycles. The molecule has 0 aliphatic heterocycles. The van der Waals surface area contributed by atoms with Crippen molar-refractivity contribution in [2.24, 2.45) is 5.92 Å². The van der Waals surface area contributed by atoms with Gasteiger partial charge < -0.3 is 10.1 Å². The number of para-hydroxylation sites is 1. The summed E-state index contributed by atoms with van der Waals surface area (Å²) in [6, 6.07) is 9.90. The predicted octanol–water partition coefficient (Wildman–Crippen LogP) is 3.22. The van der Waals surface area contributed by atoms with Gasteiger partial charge in [0, 0.05) is 5.69 Å². The van der Waals surface area contributed by atoms with Crippen LogP contribution in [-0.2, 0) is 9.53 Å². The molecule has 2 unspecified atom stereocenters. The van der Waals surface area contributed by atoms with E-state index in [1.54, 1.807) is 0 Å². The average molecular weight is 247 g/mol. The van der Waals surface area contributed by atoms with E-state index in [4.69, 9.17) is 4.74 Å². The molecule has 1 aliphatic rings. The van der Waals surface area contributed by atoms with Gasteiger partial charge in [-0.05, 0) is 30.9 Å². The van der Waals surface area contributed by atoms with Crippen LogP contribution in [0.1, 0.15) is 32.6 Å². The number of benzene rings is 1. The summed E-state index contributed by atoms with van der Waals surface area (Å²) in [6.45, 7) is 2.20. The van der Waals surface area contributed by atoms with E-state index >= 15 is 0 Å². The van der Waals surface area contributed by atoms with Crippen LogP contribution in [0.5, 0.6) is 0 Å². The topological polar surface area (TPSA) is 38.3 Å². The third-order valence-corrected chi connectivity index (χ3v) is 3.73. The number of nitrogens with one attached hydrogen (secondary N) is 1. The summed E-state index contributed by atoms with van der Waals surface area (Å²) in [7, 11) is 1.47. The molecule has 0 radical (unpaired) electrons. The van der Waals surface area contributed by atoms with Gasteiger partial charge in [0.05, 0.1) is 7.11 Å². The molecule has 3 nitrogen and oxygen atoms in total. The molecule has 1 N–H and O–H groups in total. The molecule has 0 spiro atoms. The van der Waals surface area contributed by atoms with Crippen molar-refractivity contribution in [2.75, 3.05) is 12.4 Å². The van der Waals surface area contributed by atoms with Crippen LogP contribution in [0.25, 0.3) is 0 Å². The van der Waals surface area contributed by atoms with Gasteiger partial charge in [0.25, 0.3) is 0 Å². The van der Waals surface area contributed by atoms with Gasteiger partial charge in [-0.1, -0.05) is 38.0 Å². The first-order valence-corrected chi connectivity index (χ1v) is 6.58. The zero-order valence-electron chi connectivity index (χ0n) is 11.1. The van der Waals surface area contributed by atoms with Gasteiger partial charge in [0.2, 0.25) is 0 Å². The average Bonchev–Trinajstić information content (AvgIpc) is 2.39. The Morgan fingerprint density at radius 3 is 2.72 bits per heavy atom. The Kier molecular flexibility index (Phi) is 3.90. The van der Waals surface area contributed by atoms with Gasteiger partial charge in [-0.25, -0.2) is 4.79 Å². The normalized spacial score (nSPS) is 27.6. The van der Waals surface area contributed by atoms with Crippen molar-refractivity contribution in [3.8, 4) is 0 Å². The minimum atomic E-state index is -0.548. The van der Waals surface area contributed by atoms with E-state index in [2.05, 4.69) is 12.2 Å². The maximum absolute atomic E-state index is 12.2. The lowest BCUT2D eigenvalue weighted by Crippen LogP contribution is -2.50. The van der Waals surface area contributed by atoms with E-state index in [-0.39, 0.29) is 5.97 Å². The highest BCUT2D eigenvalue weighted by Gasteiger charge is 2.42. The van der Waals surface area contributed by atoms with Crippen LogP contribution in [-0.4, -0.2) is 18.6 Å². The third kappa shape index (κ3) is 2.66. The van der Waals surface area contributed by atoms with Gasteiger partial charge >= 0.3 is 5.97 Å². The number of ether oxygens (including phenoxy) is 1. The van der Waals surface area contributed by atoms with Crippen LogP contribution in [0.3, 0.4) is 0 Å². The van der Waals surface area contributed by atoms with Crippen LogP contribution in [0, 0.1) is 5.92 Å². The maximum atomic E-state index is 12.2. The number of hydrogen-bond donors (Lipinski definition) is 1. The van der Waals surface area contributed by atoms with Crippen molar-refractivity contribution in [1.82, 2.24) is 0 Å². The van der Waals surface area contributed by atoms with Gasteiger partial charge in [-0.3, -0.25) is 0 Å². The number of anilines is 1. The second-order valence-corrected chi connectivity index (χ2v) is 5.27. The standard InChI is InChI=1S/C15H21NO2/c1-12-7-6-10-15(11-12,14(17)18-2)16-13-8-4-3-5-9-13/h3-5,8-9,12,16H,6-7,10-11H2,1-2H3. The molecule has 0 amide bonds. The third-order valence-electron chi connectivity index (χ3n) is 3.73. The number of hydrogen-bond acceptors (Lipinski definition) is 3. The zero-order valence-corrected chi connectivity index (χ0v) is 11.1. The number of rotatable bonds is 3. The van der Waals surface area contributed by atoms with Crippen molar-refractivity contribution in [1.29, 1.82) is 0 Å². The Morgan fingerprint density at radius 1 is 1.39 bits per heavy atom. The highest BCUT2D eigenvalue weighted by Crippen LogP contribution is 2.35. The number of esters is 1. The Hall–Kier alpha value is -1.51. The minimum Gasteiger partial charge on any atom is -0.467 e. The van der Waals surface area contributed by atoms with Crippen molar-refractivity contribution >= 4 is 11.7 Å². The summed E-state index contributed by atoms with van der Waals surface area (Å²) in [5, 5.41) is 3.40. The lowest BCUT2D eigenvalue weighted by molar-refractivity contribution is -0.147. The minimum absolute atomic E-state index is 0.141. The Balaban J connectivity index is 2.22. The molecule has 1 aromatic carbocycles. The van der Waals surface area contributed by atoms with Crippen LogP contribution < -0.4 is 5.32 Å². The number of carbonyl (C=O) groups excluding carboxylic acids is 1. The lowest BCUT2D eigenvalue weighted by Gasteiger charge is -2.38. The first-order valence-electron chi connectivity index (χ1n) is 6.58. The van der Waals surface area contributed by atoms with E-state index in [0.29, 0.717) is 5.92 Å². The van der Waals surface area contributed by atoms with Crippen molar-refractivity contribution in [3.63, 3.8) is 0 Å². The van der Waals surface area contributed by atoms with Crippen molar-refractivity contribution in [3.05, 3.63) is 30.3 Å². The molecule has 1 saturated carbocycles. The van der Waals surface area contributed by atoms with Gasteiger partial charge in [0.15, 0.2) is 0 Å². The Morgan fingerprint density at radius 2 is 2.11 bits per heavy atom. The van der Waals surface area contributed by atoms with Gasteiger partial charge in [-0.2, -0.15) is 0 Å². The molecular weight excluding hydrogens is 226 g/mol. The fourth-order valence-electron chi connectivity index (χ4n) is 2.89. The summed E-state index contributed by atoms with van der Waals surface area (Å²) < 4.78 is 5.01. The lowest BCUT2D eigenvalue weighted by atomic mass is 9.76. The van der Waals surface area contributed by atoms with E-state index in [9.17, 15) is 4.79 Å². The summed E-state index contributed by atoms with van der Waals surface area (Å²) in [5.74, 6) is 0.409. The first kappa shape index (κ1) is 12.9. The monoisotopic (exact) mass is 247 g/mol. The molecule has 0 bridgehead atoms. The van der Waals surface area contributed by atoms with Gasteiger partial charge in [-0.15, -0.1) is 0 Å². The highest BCUT2D eigenvalue weighted by atomic mass is 16.5. The summed E-state index contributed by atoms with van der Waals surface area (Å²) in [6.07, 6.45) is 3.94. The summed E-state index contributed by atoms with van der Waals surface area (Å²) >= 11 is 0. The molecule has 2 rings (SSSR count). The molecule has 0 heterocycles. The number of methoxy groups -OCH3 is 1. The molecular formula is C15H21NO2. The second kappa shape index (κ2) is 5.42. The molecule has 1 fully saturated rings. The molecule has 98 valence electrons. The fraction of sp³-hybridized carbons (Fsp3) is 0.533. The van der Waals surface area contributed by atoms with E-state index in [1.807, 2.05) is 30.3 Å². The highest BCUT2D eigenvalue weighted by molar-refractivity contribution is 5.84. The molecule has 1 aromatic rings. The maximum Gasteiger partial charge on any atom is 0.331 e. The Labute approximate surface area is 109 Å². The second-order valence-electron chi connectivity index (χ2n) is 5.27. The molecule has 3 heteroatoms. The first-order chi connectivity index (χ1) is 8.66. The largest absolute Gasteiger partial charge is 0.467 e. The molecule has 2 atom stereocenters. The van der Waals surface area contributed by atoms with E-state index in [1.165, 1.54) is 13.5 Å². The smallest absolute Gasteiger partial charge is 0.331 e. The molecule has 0 saturated heterocycles. The van der Waals surface area contributed by atoms with E-state index in [0.717, 1.165) is 24.9 Å². The Bertz CT molecular complexity index is 404. The predicted molar refractivity (Wildman–Crippen MR) is 72.4 cm³/mol. The fourth-order valence-corrected chi connectivity index (χ4v) is 2.89. The van der Waals surface area contributed by atoms with E-state index < -0.39 is 5.54 Å². The van der Waals surface area contributed by atoms with Crippen molar-refractivity contribution < 1.29 is 9.53 Å². The van der Waals surface area contributed by atoms with Crippen molar-refractivity contribution in [2.45, 2.75) is 38.1 Å². The van der Waals surface area contributed by atoms with Crippen LogP contribution in [0.4, 0.5) is 5.69 Å². The van der Waals surface area contributed by atoms with Crippen LogP contribution in [0.15, 0.2) is 30.3 Å². The van der Waals surface area contributed by atoms with Crippen LogP contribution in [0.2, 0.25) is 0 Å². The quantitative estimate of drug-likeness (QED) is 0.833. The van der Waals surface area contributed by atoms with Crippen LogP contribution >= 0.6 is 0 Å². The SMILES string of the molecule is COC(=O)C1(Nc2ccccc2)CCCC(C)C1. The zero-order chi connectivity index (χ0) is 13.0. The summed E-state index contributed by atoms with van der Waals surface area (Å²) in [5.41, 5.74) is 0.435. The van der Waals surface area contributed by atoms with Gasteiger partial charge in [0.1, 0.15) is 5.54 Å². The number of carbonyl (C=O) groups is 1. The molecule has 0 aromatic heterocycles. The summed E-state index contributed by atoms with van der Waals surface area (Å²) in [4.78, 5) is 12.2. The molecule has 18 heavy (non-hydrogen) atoms.